The lowest BCUT2D eigenvalue weighted by Crippen LogP contribution is -2.44. The van der Waals surface area contributed by atoms with Crippen molar-refractivity contribution in [1.82, 2.24) is 9.47 Å². The zero-order chi connectivity index (χ0) is 20.6. The largest absolute Gasteiger partial charge is 0.416 e. The molecule has 0 spiro atoms. The minimum atomic E-state index is -4.43. The molecule has 0 bridgehead atoms. The molecule has 0 fully saturated rings. The zero-order valence-corrected chi connectivity index (χ0v) is 16.0. The summed E-state index contributed by atoms with van der Waals surface area (Å²) in [5.41, 5.74) is 1.35. The molecule has 3 aromatic rings. The van der Waals surface area contributed by atoms with Gasteiger partial charge in [-0.05, 0) is 60.2 Å². The maximum absolute atomic E-state index is 13.4. The maximum atomic E-state index is 13.4. The Kier molecular flexibility index (Phi) is 5.04. The van der Waals surface area contributed by atoms with Crippen molar-refractivity contribution in [2.75, 3.05) is 11.9 Å². The molecule has 1 N–H and O–H groups in total. The Hall–Kier alpha value is -2.87. The van der Waals surface area contributed by atoms with Crippen LogP contribution in [0.4, 0.5) is 23.2 Å². The minimum absolute atomic E-state index is 0.267. The minimum Gasteiger partial charge on any atom is -0.348 e. The molecule has 8 heteroatoms. The van der Waals surface area contributed by atoms with E-state index in [1.807, 2.05) is 23.2 Å². The van der Waals surface area contributed by atoms with Crippen molar-refractivity contribution < 1.29 is 17.6 Å². The molecule has 0 radical (unpaired) electrons. The molecule has 4 rings (SSSR count). The molecule has 1 atom stereocenters. The molecule has 1 unspecified atom stereocenters. The predicted molar refractivity (Wildman–Crippen MR) is 107 cm³/mol. The third-order valence-electron chi connectivity index (χ3n) is 4.93. The van der Waals surface area contributed by atoms with Crippen LogP contribution in [0.2, 0.25) is 0 Å². The van der Waals surface area contributed by atoms with Crippen LogP contribution in [0.25, 0.3) is 0 Å². The highest BCUT2D eigenvalue weighted by Gasteiger charge is 2.32. The van der Waals surface area contributed by atoms with Crippen LogP contribution in [0.3, 0.4) is 0 Å². The van der Waals surface area contributed by atoms with E-state index in [2.05, 4.69) is 9.88 Å². The summed E-state index contributed by atoms with van der Waals surface area (Å²) in [4.78, 5) is 1.91. The van der Waals surface area contributed by atoms with Gasteiger partial charge in [0.05, 0.1) is 11.6 Å². The Morgan fingerprint density at radius 3 is 2.48 bits per heavy atom. The summed E-state index contributed by atoms with van der Waals surface area (Å²) in [5, 5.41) is 3.24. The second-order valence-electron chi connectivity index (χ2n) is 6.78. The molecule has 1 aliphatic rings. The summed E-state index contributed by atoms with van der Waals surface area (Å²) >= 11 is 5.55. The van der Waals surface area contributed by atoms with E-state index in [9.17, 15) is 17.6 Å². The number of benzene rings is 2. The molecule has 0 saturated carbocycles. The van der Waals surface area contributed by atoms with E-state index in [1.165, 1.54) is 18.2 Å². The Morgan fingerprint density at radius 1 is 1.00 bits per heavy atom. The van der Waals surface area contributed by atoms with E-state index in [0.717, 1.165) is 23.4 Å². The molecule has 0 amide bonds. The quantitative estimate of drug-likeness (QED) is 0.441. The van der Waals surface area contributed by atoms with Gasteiger partial charge in [0.15, 0.2) is 5.11 Å². The molecule has 0 aliphatic carbocycles. The van der Waals surface area contributed by atoms with Crippen molar-refractivity contribution >= 4 is 23.0 Å². The summed E-state index contributed by atoms with van der Waals surface area (Å²) < 4.78 is 54.5. The SMILES string of the molecule is Fc1ccc(C2c3cccn3CCN2C(=S)Nc2cccc(C(F)(F)F)c2)cc1. The van der Waals surface area contributed by atoms with Gasteiger partial charge in [-0.2, -0.15) is 13.2 Å². The lowest BCUT2D eigenvalue weighted by Gasteiger charge is -2.39. The first-order valence-electron chi connectivity index (χ1n) is 8.98. The third-order valence-corrected chi connectivity index (χ3v) is 5.26. The van der Waals surface area contributed by atoms with Crippen molar-refractivity contribution in [3.63, 3.8) is 0 Å². The topological polar surface area (TPSA) is 20.2 Å². The Labute approximate surface area is 170 Å². The number of fused-ring (bicyclic) bond motifs is 1. The predicted octanol–water partition coefficient (Wildman–Crippen LogP) is 5.45. The first-order valence-corrected chi connectivity index (χ1v) is 9.39. The molecule has 1 aromatic heterocycles. The average Bonchev–Trinajstić information content (AvgIpc) is 3.16. The van der Waals surface area contributed by atoms with Crippen LogP contribution < -0.4 is 5.32 Å². The molecule has 0 saturated heterocycles. The van der Waals surface area contributed by atoms with Crippen LogP contribution in [0.1, 0.15) is 22.9 Å². The van der Waals surface area contributed by atoms with Crippen LogP contribution in [0.15, 0.2) is 66.9 Å². The lowest BCUT2D eigenvalue weighted by molar-refractivity contribution is -0.137. The van der Waals surface area contributed by atoms with Crippen LogP contribution in [-0.2, 0) is 12.7 Å². The second kappa shape index (κ2) is 7.51. The Bertz CT molecular complexity index is 1030. The first kappa shape index (κ1) is 19.4. The van der Waals surface area contributed by atoms with Gasteiger partial charge in [0.2, 0.25) is 0 Å². The first-order chi connectivity index (χ1) is 13.8. The standard InChI is InChI=1S/C21H17F4N3S/c22-16-8-6-14(7-9-16)19-18-5-2-10-27(18)11-12-28(19)20(29)26-17-4-1-3-15(13-17)21(23,24)25/h1-10,13,19H,11-12H2,(H,26,29). The maximum Gasteiger partial charge on any atom is 0.416 e. The number of hydrogen-bond acceptors (Lipinski definition) is 1. The van der Waals surface area contributed by atoms with Crippen molar-refractivity contribution in [2.45, 2.75) is 18.8 Å². The number of nitrogens with one attached hydrogen (secondary N) is 1. The van der Waals surface area contributed by atoms with E-state index < -0.39 is 11.7 Å². The van der Waals surface area contributed by atoms with Crippen molar-refractivity contribution in [2.24, 2.45) is 0 Å². The molecule has 3 nitrogen and oxygen atoms in total. The summed E-state index contributed by atoms with van der Waals surface area (Å²) in [5.74, 6) is -0.337. The highest BCUT2D eigenvalue weighted by Crippen LogP contribution is 2.34. The molecular weight excluding hydrogens is 402 g/mol. The van der Waals surface area contributed by atoms with Gasteiger partial charge < -0.3 is 14.8 Å². The lowest BCUT2D eigenvalue weighted by atomic mass is 10.0. The monoisotopic (exact) mass is 419 g/mol. The fourth-order valence-electron chi connectivity index (χ4n) is 3.57. The number of thiocarbonyl (C=S) groups is 1. The average molecular weight is 419 g/mol. The van der Waals surface area contributed by atoms with E-state index in [4.69, 9.17) is 12.2 Å². The normalized spacial score (nSPS) is 16.4. The molecule has 2 heterocycles. The Balaban J connectivity index is 1.64. The number of hydrogen-bond donors (Lipinski definition) is 1. The molecule has 150 valence electrons. The smallest absolute Gasteiger partial charge is 0.348 e. The summed E-state index contributed by atoms with van der Waals surface area (Å²) in [6.07, 6.45) is -2.46. The molecule has 2 aromatic carbocycles. The van der Waals surface area contributed by atoms with Crippen LogP contribution in [0, 0.1) is 5.82 Å². The van der Waals surface area contributed by atoms with E-state index in [1.54, 1.807) is 18.2 Å². The molecule has 1 aliphatic heterocycles. The Morgan fingerprint density at radius 2 is 1.76 bits per heavy atom. The van der Waals surface area contributed by atoms with Crippen LogP contribution in [-0.4, -0.2) is 21.1 Å². The van der Waals surface area contributed by atoms with Gasteiger partial charge >= 0.3 is 6.18 Å². The number of aromatic nitrogens is 1. The van der Waals surface area contributed by atoms with Gasteiger partial charge in [-0.25, -0.2) is 4.39 Å². The zero-order valence-electron chi connectivity index (χ0n) is 15.2. The fraction of sp³-hybridized carbons (Fsp3) is 0.190. The number of anilines is 1. The third kappa shape index (κ3) is 3.98. The van der Waals surface area contributed by atoms with Gasteiger partial charge in [0.25, 0.3) is 0 Å². The fourth-order valence-corrected chi connectivity index (χ4v) is 3.88. The van der Waals surface area contributed by atoms with E-state index >= 15 is 0 Å². The molecule has 29 heavy (non-hydrogen) atoms. The number of nitrogens with zero attached hydrogens (tertiary/aromatic N) is 2. The highest BCUT2D eigenvalue weighted by molar-refractivity contribution is 7.80. The van der Waals surface area contributed by atoms with Crippen molar-refractivity contribution in [3.05, 3.63) is 89.5 Å². The van der Waals surface area contributed by atoms with Crippen molar-refractivity contribution in [3.8, 4) is 0 Å². The highest BCUT2D eigenvalue weighted by atomic mass is 32.1. The van der Waals surface area contributed by atoms with Gasteiger partial charge in [-0.1, -0.05) is 18.2 Å². The van der Waals surface area contributed by atoms with Crippen LogP contribution >= 0.6 is 12.2 Å². The van der Waals surface area contributed by atoms with Gasteiger partial charge in [0, 0.05) is 30.7 Å². The second-order valence-corrected chi connectivity index (χ2v) is 7.17. The van der Waals surface area contributed by atoms with Crippen molar-refractivity contribution in [1.29, 1.82) is 0 Å². The van der Waals surface area contributed by atoms with Crippen LogP contribution in [0.5, 0.6) is 0 Å². The summed E-state index contributed by atoms with van der Waals surface area (Å²) in [6, 6.07) is 14.7. The number of alkyl halides is 3. The van der Waals surface area contributed by atoms with E-state index in [0.29, 0.717) is 18.2 Å². The van der Waals surface area contributed by atoms with Gasteiger partial charge in [-0.15, -0.1) is 0 Å². The van der Waals surface area contributed by atoms with Gasteiger partial charge in [0.1, 0.15) is 5.82 Å². The number of halogens is 4. The van der Waals surface area contributed by atoms with E-state index in [-0.39, 0.29) is 17.5 Å². The number of rotatable bonds is 2. The summed E-state index contributed by atoms with van der Waals surface area (Å²) in [7, 11) is 0. The molecular formula is C21H17F4N3S. The van der Waals surface area contributed by atoms with Gasteiger partial charge in [-0.3, -0.25) is 0 Å². The summed E-state index contributed by atoms with van der Waals surface area (Å²) in [6.45, 7) is 1.25.